The average Bonchev–Trinajstić information content (AvgIpc) is 3.48. The van der Waals surface area contributed by atoms with E-state index in [0.29, 0.717) is 29.9 Å². The maximum absolute atomic E-state index is 12.9. The third-order valence-electron chi connectivity index (χ3n) is 5.94. The number of rotatable bonds is 5. The Kier molecular flexibility index (Phi) is 6.12. The summed E-state index contributed by atoms with van der Waals surface area (Å²) in [5.41, 5.74) is 12.4. The zero-order valence-corrected chi connectivity index (χ0v) is 19.5. The fourth-order valence-electron chi connectivity index (χ4n) is 4.78. The molecule has 1 unspecified atom stereocenters. The van der Waals surface area contributed by atoms with Crippen LogP contribution in [0.3, 0.4) is 0 Å². The van der Waals surface area contributed by atoms with Crippen molar-refractivity contribution in [1.82, 2.24) is 9.63 Å². The zero-order chi connectivity index (χ0) is 25.7. The van der Waals surface area contributed by atoms with Gasteiger partial charge in [0.2, 0.25) is 0 Å². The molecule has 4 rings (SSSR count). The average molecular weight is 496 g/mol. The number of amides is 2. The van der Waals surface area contributed by atoms with Gasteiger partial charge in [-0.3, -0.25) is 0 Å². The van der Waals surface area contributed by atoms with Crippen LogP contribution >= 0.6 is 0 Å². The number of fused-ring (bicyclic) bond motifs is 1. The second-order valence-corrected chi connectivity index (χ2v) is 9.72. The minimum Gasteiger partial charge on any atom is -0.408 e. The van der Waals surface area contributed by atoms with Crippen LogP contribution in [0.15, 0.2) is 24.3 Å². The molecule has 0 bridgehead atoms. The van der Waals surface area contributed by atoms with Crippen LogP contribution in [0, 0.1) is 5.41 Å². The van der Waals surface area contributed by atoms with Gasteiger partial charge in [-0.15, -0.1) is 18.2 Å². The Morgan fingerprint density at radius 2 is 1.71 bits per heavy atom. The van der Waals surface area contributed by atoms with Crippen LogP contribution in [-0.4, -0.2) is 34.7 Å². The molecule has 2 aromatic rings. The Labute approximate surface area is 199 Å². The van der Waals surface area contributed by atoms with Gasteiger partial charge in [0.15, 0.2) is 5.75 Å². The molecule has 1 aliphatic carbocycles. The van der Waals surface area contributed by atoms with Gasteiger partial charge in [0.25, 0.3) is 0 Å². The molecular formula is C23H27F3N4O5. The van der Waals surface area contributed by atoms with Crippen LogP contribution in [0.25, 0.3) is 11.1 Å². The van der Waals surface area contributed by atoms with Crippen LogP contribution in [0.4, 0.5) is 22.8 Å². The number of hydrogen-bond donors (Lipinski definition) is 2. The summed E-state index contributed by atoms with van der Waals surface area (Å²) in [6, 6.07) is 4.89. The van der Waals surface area contributed by atoms with Gasteiger partial charge in [0.1, 0.15) is 5.75 Å². The SMILES string of the molecule is CC(C)(C)C1c2c(OC(N)=O)c(-c3cccc(OC(F)(F)F)c3)c(C3CC3)n2CCN1OC(N)=O. The van der Waals surface area contributed by atoms with E-state index < -0.39 is 35.8 Å². The highest BCUT2D eigenvalue weighted by atomic mass is 19.4. The van der Waals surface area contributed by atoms with E-state index >= 15 is 0 Å². The smallest absolute Gasteiger partial charge is 0.408 e. The second kappa shape index (κ2) is 8.67. The summed E-state index contributed by atoms with van der Waals surface area (Å²) in [4.78, 5) is 28.9. The molecule has 1 fully saturated rings. The summed E-state index contributed by atoms with van der Waals surface area (Å²) >= 11 is 0. The van der Waals surface area contributed by atoms with Crippen molar-refractivity contribution in [3.63, 3.8) is 0 Å². The molecule has 1 aromatic heterocycles. The van der Waals surface area contributed by atoms with Crippen molar-refractivity contribution < 1.29 is 37.1 Å². The van der Waals surface area contributed by atoms with Gasteiger partial charge in [-0.05, 0) is 36.0 Å². The fourth-order valence-corrected chi connectivity index (χ4v) is 4.78. The first-order valence-corrected chi connectivity index (χ1v) is 11.1. The first-order chi connectivity index (χ1) is 16.3. The summed E-state index contributed by atoms with van der Waals surface area (Å²) in [5.74, 6) is -0.177. The van der Waals surface area contributed by atoms with Crippen LogP contribution < -0.4 is 20.9 Å². The Balaban J connectivity index is 1.97. The van der Waals surface area contributed by atoms with Crippen LogP contribution in [0.5, 0.6) is 11.5 Å². The molecule has 1 saturated carbocycles. The Bertz CT molecular complexity index is 1150. The number of nitrogens with two attached hydrogens (primary N) is 2. The number of carbonyl (C=O) groups is 2. The molecular weight excluding hydrogens is 469 g/mol. The van der Waals surface area contributed by atoms with E-state index in [-0.39, 0.29) is 11.7 Å². The van der Waals surface area contributed by atoms with Crippen molar-refractivity contribution in [2.75, 3.05) is 6.54 Å². The van der Waals surface area contributed by atoms with E-state index in [4.69, 9.17) is 21.0 Å². The summed E-state index contributed by atoms with van der Waals surface area (Å²) in [6.07, 6.45) is -5.20. The minimum absolute atomic E-state index is 0.112. The molecule has 0 saturated heterocycles. The highest BCUT2D eigenvalue weighted by Gasteiger charge is 2.46. The normalized spacial score (nSPS) is 18.6. The van der Waals surface area contributed by atoms with Gasteiger partial charge >= 0.3 is 18.5 Å². The first kappa shape index (κ1) is 24.7. The third kappa shape index (κ3) is 5.16. The van der Waals surface area contributed by atoms with Crippen LogP contribution in [-0.2, 0) is 11.4 Å². The number of alkyl halides is 3. The van der Waals surface area contributed by atoms with E-state index in [1.165, 1.54) is 23.3 Å². The summed E-state index contributed by atoms with van der Waals surface area (Å²) in [5, 5.41) is 1.44. The standard InChI is InChI=1S/C23H27F3N4O5/c1-22(2,3)19-17-18(33-20(27)31)15(13-5-4-6-14(11-13)34-23(24,25)26)16(12-7-8-12)29(17)9-10-30(19)35-21(28)32/h4-6,11-12,19H,7-10H2,1-3H3,(H2,27,31)(H2,28,32). The van der Waals surface area contributed by atoms with Crippen LogP contribution in [0.2, 0.25) is 0 Å². The largest absolute Gasteiger partial charge is 0.573 e. The lowest BCUT2D eigenvalue weighted by molar-refractivity contribution is -0.274. The number of hydrogen-bond acceptors (Lipinski definition) is 6. The summed E-state index contributed by atoms with van der Waals surface area (Å²) in [6.45, 7) is 6.42. The third-order valence-corrected chi connectivity index (χ3v) is 5.94. The lowest BCUT2D eigenvalue weighted by Crippen LogP contribution is -2.46. The van der Waals surface area contributed by atoms with Crippen LogP contribution in [0.1, 0.15) is 57.0 Å². The van der Waals surface area contributed by atoms with Gasteiger partial charge in [-0.1, -0.05) is 32.9 Å². The maximum Gasteiger partial charge on any atom is 0.573 e. The Morgan fingerprint density at radius 3 is 2.26 bits per heavy atom. The Hall–Kier alpha value is -3.41. The molecule has 2 aliphatic rings. The summed E-state index contributed by atoms with van der Waals surface area (Å²) in [7, 11) is 0. The molecule has 1 aliphatic heterocycles. The molecule has 0 spiro atoms. The van der Waals surface area contributed by atoms with E-state index in [1.54, 1.807) is 6.07 Å². The zero-order valence-electron chi connectivity index (χ0n) is 19.5. The Morgan fingerprint density at radius 1 is 1.03 bits per heavy atom. The van der Waals surface area contributed by atoms with E-state index in [2.05, 4.69) is 4.74 Å². The lowest BCUT2D eigenvalue weighted by Gasteiger charge is -2.42. The topological polar surface area (TPSA) is 122 Å². The highest BCUT2D eigenvalue weighted by Crippen LogP contribution is 2.55. The van der Waals surface area contributed by atoms with E-state index in [0.717, 1.165) is 18.5 Å². The molecule has 2 heterocycles. The fraction of sp³-hybridized carbons (Fsp3) is 0.478. The van der Waals surface area contributed by atoms with Gasteiger partial charge in [-0.25, -0.2) is 9.59 Å². The molecule has 1 aromatic carbocycles. The summed E-state index contributed by atoms with van der Waals surface area (Å²) < 4.78 is 50.3. The van der Waals surface area contributed by atoms with Crippen molar-refractivity contribution in [3.8, 4) is 22.6 Å². The molecule has 190 valence electrons. The highest BCUT2D eigenvalue weighted by molar-refractivity contribution is 5.81. The van der Waals surface area contributed by atoms with Gasteiger partial charge in [0.05, 0.1) is 18.3 Å². The number of carbonyl (C=O) groups excluding carboxylic acids is 2. The van der Waals surface area contributed by atoms with Crippen molar-refractivity contribution in [2.24, 2.45) is 16.9 Å². The molecule has 1 atom stereocenters. The molecule has 12 heteroatoms. The second-order valence-electron chi connectivity index (χ2n) is 9.72. The minimum atomic E-state index is -4.87. The maximum atomic E-state index is 12.9. The number of primary amides is 2. The molecule has 2 amide bonds. The van der Waals surface area contributed by atoms with Crippen molar-refractivity contribution in [1.29, 1.82) is 0 Å². The lowest BCUT2D eigenvalue weighted by atomic mass is 9.83. The van der Waals surface area contributed by atoms with Gasteiger partial charge < -0.3 is 30.3 Å². The monoisotopic (exact) mass is 496 g/mol. The van der Waals surface area contributed by atoms with Gasteiger partial charge in [0, 0.05) is 23.7 Å². The van der Waals surface area contributed by atoms with Crippen molar-refractivity contribution in [3.05, 3.63) is 35.7 Å². The number of benzene rings is 1. The number of ether oxygens (including phenoxy) is 2. The first-order valence-electron chi connectivity index (χ1n) is 11.1. The molecule has 0 radical (unpaired) electrons. The van der Waals surface area contributed by atoms with Crippen molar-refractivity contribution in [2.45, 2.75) is 58.5 Å². The number of nitrogens with zero attached hydrogens (tertiary/aromatic N) is 2. The number of hydroxylamine groups is 2. The number of aromatic nitrogens is 1. The molecule has 35 heavy (non-hydrogen) atoms. The molecule has 4 N–H and O–H groups in total. The predicted octanol–water partition coefficient (Wildman–Crippen LogP) is 4.80. The molecule has 9 nitrogen and oxygen atoms in total. The predicted molar refractivity (Wildman–Crippen MR) is 118 cm³/mol. The van der Waals surface area contributed by atoms with E-state index in [9.17, 15) is 22.8 Å². The quantitative estimate of drug-likeness (QED) is 0.613. The van der Waals surface area contributed by atoms with E-state index in [1.807, 2.05) is 25.3 Å². The van der Waals surface area contributed by atoms with Crippen molar-refractivity contribution >= 4 is 12.2 Å². The number of halogens is 3. The van der Waals surface area contributed by atoms with Gasteiger partial charge in [-0.2, -0.15) is 0 Å².